The fourth-order valence-corrected chi connectivity index (χ4v) is 5.53. The summed E-state index contributed by atoms with van der Waals surface area (Å²) >= 11 is 1.37. The standard InChI is InChI=1S/C29H29N3O5S/c1-18(21-7-9-35-10-8-21)11-19-5-4-6-20(12-19)17-36-25-13-22(33-2)14-26-23(25)15-27(37-26)24-16-32-28(30-24)38-29(31-32)34-3/h4-6,12-16,21H,1,7-11,17H2,2-3H3. The molecule has 5 aromatic rings. The van der Waals surface area contributed by atoms with Crippen LogP contribution in [0.1, 0.15) is 24.0 Å². The zero-order chi connectivity index (χ0) is 26.1. The van der Waals surface area contributed by atoms with E-state index < -0.39 is 0 Å². The van der Waals surface area contributed by atoms with Crippen LogP contribution in [0.25, 0.3) is 27.4 Å². The molecule has 8 nitrogen and oxygen atoms in total. The van der Waals surface area contributed by atoms with Crippen molar-refractivity contribution in [2.24, 2.45) is 5.92 Å². The largest absolute Gasteiger partial charge is 0.496 e. The van der Waals surface area contributed by atoms with Gasteiger partial charge in [0.25, 0.3) is 5.19 Å². The number of aromatic nitrogens is 3. The number of rotatable bonds is 9. The molecule has 3 aromatic heterocycles. The van der Waals surface area contributed by atoms with E-state index in [4.69, 9.17) is 23.4 Å². The number of nitrogens with zero attached hydrogens (tertiary/aromatic N) is 3. The zero-order valence-electron chi connectivity index (χ0n) is 21.4. The van der Waals surface area contributed by atoms with E-state index >= 15 is 0 Å². The van der Waals surface area contributed by atoms with Crippen LogP contribution in [-0.2, 0) is 17.8 Å². The fourth-order valence-electron chi connectivity index (χ4n) is 4.83. The maximum Gasteiger partial charge on any atom is 0.294 e. The Balaban J connectivity index is 1.22. The van der Waals surface area contributed by atoms with Crippen LogP contribution >= 0.6 is 11.3 Å². The lowest BCUT2D eigenvalue weighted by atomic mass is 9.88. The number of methoxy groups -OCH3 is 2. The second-order valence-electron chi connectivity index (χ2n) is 9.40. The number of benzene rings is 2. The van der Waals surface area contributed by atoms with Gasteiger partial charge < -0.3 is 23.4 Å². The van der Waals surface area contributed by atoms with Crippen molar-refractivity contribution >= 4 is 27.3 Å². The summed E-state index contributed by atoms with van der Waals surface area (Å²) in [6.45, 7) is 6.44. The molecule has 1 aliphatic heterocycles. The highest BCUT2D eigenvalue weighted by Crippen LogP contribution is 2.37. The number of ether oxygens (including phenoxy) is 4. The lowest BCUT2D eigenvalue weighted by Gasteiger charge is -2.24. The first-order valence-corrected chi connectivity index (χ1v) is 13.4. The molecule has 0 radical (unpaired) electrons. The Morgan fingerprint density at radius 2 is 1.95 bits per heavy atom. The van der Waals surface area contributed by atoms with E-state index in [9.17, 15) is 0 Å². The predicted octanol–water partition coefficient (Wildman–Crippen LogP) is 6.33. The lowest BCUT2D eigenvalue weighted by Crippen LogP contribution is -2.18. The third-order valence-corrected chi connectivity index (χ3v) is 7.76. The Morgan fingerprint density at radius 1 is 1.11 bits per heavy atom. The van der Waals surface area contributed by atoms with E-state index in [0.717, 1.165) is 48.4 Å². The number of allylic oxidation sites excluding steroid dienone is 1. The zero-order valence-corrected chi connectivity index (χ0v) is 22.3. The molecule has 0 amide bonds. The molecule has 0 aliphatic carbocycles. The number of imidazole rings is 1. The van der Waals surface area contributed by atoms with Gasteiger partial charge in [0.2, 0.25) is 4.96 Å². The molecule has 1 fully saturated rings. The van der Waals surface area contributed by atoms with Crippen molar-refractivity contribution < 1.29 is 23.4 Å². The van der Waals surface area contributed by atoms with Gasteiger partial charge in [-0.1, -0.05) is 36.4 Å². The summed E-state index contributed by atoms with van der Waals surface area (Å²) < 4.78 is 30.4. The second-order valence-corrected chi connectivity index (χ2v) is 10.3. The molecule has 0 spiro atoms. The van der Waals surface area contributed by atoms with Gasteiger partial charge in [0.15, 0.2) is 5.76 Å². The summed E-state index contributed by atoms with van der Waals surface area (Å²) in [5, 5.41) is 5.75. The summed E-state index contributed by atoms with van der Waals surface area (Å²) in [5.41, 5.74) is 4.97. The van der Waals surface area contributed by atoms with Gasteiger partial charge in [0.05, 0.1) is 25.8 Å². The molecular formula is C29H29N3O5S. The monoisotopic (exact) mass is 531 g/mol. The van der Waals surface area contributed by atoms with Crippen LogP contribution in [0, 0.1) is 5.92 Å². The van der Waals surface area contributed by atoms with Crippen molar-refractivity contribution in [2.45, 2.75) is 25.9 Å². The van der Waals surface area contributed by atoms with Crippen LogP contribution < -0.4 is 14.2 Å². The smallest absolute Gasteiger partial charge is 0.294 e. The average Bonchev–Trinajstić information content (AvgIpc) is 3.65. The van der Waals surface area contributed by atoms with Crippen LogP contribution in [0.15, 0.2) is 65.2 Å². The van der Waals surface area contributed by atoms with E-state index in [0.29, 0.717) is 46.3 Å². The Kier molecular flexibility index (Phi) is 6.78. The molecule has 0 atom stereocenters. The summed E-state index contributed by atoms with van der Waals surface area (Å²) in [6.07, 6.45) is 4.81. The third kappa shape index (κ3) is 4.99. The van der Waals surface area contributed by atoms with Gasteiger partial charge in [-0.05, 0) is 53.7 Å². The summed E-state index contributed by atoms with van der Waals surface area (Å²) in [5.74, 6) is 2.51. The van der Waals surface area contributed by atoms with Crippen molar-refractivity contribution in [2.75, 3.05) is 27.4 Å². The van der Waals surface area contributed by atoms with Crippen molar-refractivity contribution in [1.82, 2.24) is 14.6 Å². The molecule has 4 heterocycles. The highest BCUT2D eigenvalue weighted by molar-refractivity contribution is 7.18. The molecule has 1 saturated heterocycles. The number of hydrogen-bond donors (Lipinski definition) is 0. The van der Waals surface area contributed by atoms with Crippen LogP contribution in [0.2, 0.25) is 0 Å². The van der Waals surface area contributed by atoms with E-state index in [2.05, 4.69) is 40.9 Å². The minimum atomic E-state index is 0.421. The van der Waals surface area contributed by atoms with E-state index in [1.807, 2.05) is 24.4 Å². The molecule has 0 saturated carbocycles. The van der Waals surface area contributed by atoms with Crippen molar-refractivity contribution in [3.8, 4) is 28.1 Å². The van der Waals surface area contributed by atoms with E-state index in [-0.39, 0.29) is 0 Å². The molecule has 0 unspecified atom stereocenters. The lowest BCUT2D eigenvalue weighted by molar-refractivity contribution is 0.0753. The van der Waals surface area contributed by atoms with Crippen LogP contribution in [0.5, 0.6) is 16.7 Å². The molecule has 38 heavy (non-hydrogen) atoms. The van der Waals surface area contributed by atoms with Crippen molar-refractivity contribution in [1.29, 1.82) is 0 Å². The highest BCUT2D eigenvalue weighted by Gasteiger charge is 2.18. The van der Waals surface area contributed by atoms with Gasteiger partial charge in [-0.3, -0.25) is 0 Å². The molecule has 0 N–H and O–H groups in total. The van der Waals surface area contributed by atoms with Crippen LogP contribution in [0.3, 0.4) is 0 Å². The first-order chi connectivity index (χ1) is 18.6. The van der Waals surface area contributed by atoms with Gasteiger partial charge >= 0.3 is 0 Å². The summed E-state index contributed by atoms with van der Waals surface area (Å²) in [6, 6.07) is 14.2. The number of fused-ring (bicyclic) bond motifs is 2. The average molecular weight is 532 g/mol. The minimum Gasteiger partial charge on any atom is -0.496 e. The molecule has 196 valence electrons. The number of furan rings is 1. The predicted molar refractivity (Wildman–Crippen MR) is 146 cm³/mol. The Bertz CT molecular complexity index is 1560. The van der Waals surface area contributed by atoms with Crippen molar-refractivity contribution in [3.63, 3.8) is 0 Å². The quantitative estimate of drug-likeness (QED) is 0.206. The molecule has 6 rings (SSSR count). The second kappa shape index (κ2) is 10.5. The maximum absolute atomic E-state index is 6.32. The normalized spacial score (nSPS) is 14.3. The number of hydrogen-bond acceptors (Lipinski definition) is 8. The highest BCUT2D eigenvalue weighted by atomic mass is 32.1. The van der Waals surface area contributed by atoms with E-state index in [1.165, 1.54) is 22.5 Å². The first kappa shape index (κ1) is 24.5. The topological polar surface area (TPSA) is 80.3 Å². The first-order valence-electron chi connectivity index (χ1n) is 12.6. The van der Waals surface area contributed by atoms with Gasteiger partial charge in [0, 0.05) is 25.3 Å². The third-order valence-electron chi connectivity index (χ3n) is 6.88. The van der Waals surface area contributed by atoms with Gasteiger partial charge in [-0.2, -0.15) is 0 Å². The minimum absolute atomic E-state index is 0.421. The molecule has 1 aliphatic rings. The SMILES string of the molecule is C=C(Cc1cccc(COc2cc(OC)cc3oc(-c4cn5nc(OC)sc5n4)cc23)c1)C1CCOCC1. The van der Waals surface area contributed by atoms with E-state index in [1.54, 1.807) is 18.7 Å². The van der Waals surface area contributed by atoms with Crippen molar-refractivity contribution in [3.05, 3.63) is 71.9 Å². The molecule has 2 aromatic carbocycles. The Hall–Kier alpha value is -3.82. The van der Waals surface area contributed by atoms with Gasteiger partial charge in [-0.15, -0.1) is 5.10 Å². The van der Waals surface area contributed by atoms with Gasteiger partial charge in [-0.25, -0.2) is 9.50 Å². The van der Waals surface area contributed by atoms with Crippen LogP contribution in [-0.4, -0.2) is 42.0 Å². The summed E-state index contributed by atoms with van der Waals surface area (Å²) in [4.78, 5) is 5.37. The molecular weight excluding hydrogens is 502 g/mol. The Morgan fingerprint density at radius 3 is 2.74 bits per heavy atom. The summed E-state index contributed by atoms with van der Waals surface area (Å²) in [7, 11) is 3.22. The maximum atomic E-state index is 6.32. The molecule has 0 bridgehead atoms. The Labute approximate surface area is 224 Å². The molecule has 9 heteroatoms. The van der Waals surface area contributed by atoms with Crippen LogP contribution in [0.4, 0.5) is 0 Å². The fraction of sp³-hybridized carbons (Fsp3) is 0.310. The van der Waals surface area contributed by atoms with Gasteiger partial charge in [0.1, 0.15) is 29.4 Å².